The number of carbonyl (C=O) groups is 1. The third-order valence-electron chi connectivity index (χ3n) is 3.87. The normalized spacial score (nSPS) is 30.4. The van der Waals surface area contributed by atoms with Gasteiger partial charge in [-0.3, -0.25) is 9.69 Å². The van der Waals surface area contributed by atoms with Crippen LogP contribution in [0.1, 0.15) is 33.1 Å². The van der Waals surface area contributed by atoms with Gasteiger partial charge in [-0.05, 0) is 39.7 Å². The van der Waals surface area contributed by atoms with Gasteiger partial charge in [0.1, 0.15) is 0 Å². The molecule has 0 aromatic carbocycles. The molecule has 2 saturated heterocycles. The molecule has 2 rings (SSSR count). The highest BCUT2D eigenvalue weighted by molar-refractivity contribution is 6.19. The van der Waals surface area contributed by atoms with Crippen LogP contribution in [-0.4, -0.2) is 41.9 Å². The smallest absolute Gasteiger partial charge is 0.227 e. The number of halogens is 1. The molecule has 2 fully saturated rings. The maximum Gasteiger partial charge on any atom is 0.227 e. The molecule has 0 aromatic heterocycles. The van der Waals surface area contributed by atoms with Crippen molar-refractivity contribution in [2.45, 2.75) is 45.2 Å². The minimum absolute atomic E-state index is 0.0984. The van der Waals surface area contributed by atoms with Crippen LogP contribution in [0.25, 0.3) is 0 Å². The Labute approximate surface area is 103 Å². The fourth-order valence-corrected chi connectivity index (χ4v) is 2.80. The molecule has 2 aliphatic rings. The largest absolute Gasteiger partial charge is 0.351 e. The van der Waals surface area contributed by atoms with Gasteiger partial charge in [-0.15, -0.1) is 11.6 Å². The molecule has 92 valence electrons. The van der Waals surface area contributed by atoms with Crippen LogP contribution < -0.4 is 5.32 Å². The minimum Gasteiger partial charge on any atom is -0.351 e. The van der Waals surface area contributed by atoms with Gasteiger partial charge in [0.2, 0.25) is 5.91 Å². The van der Waals surface area contributed by atoms with Crippen LogP contribution in [-0.2, 0) is 4.79 Å². The number of carbonyl (C=O) groups excluding carboxylic acids is 1. The van der Waals surface area contributed by atoms with E-state index in [2.05, 4.69) is 10.2 Å². The molecule has 16 heavy (non-hydrogen) atoms. The third kappa shape index (κ3) is 2.21. The van der Waals surface area contributed by atoms with Crippen molar-refractivity contribution >= 4 is 17.5 Å². The second kappa shape index (κ2) is 4.53. The predicted molar refractivity (Wildman–Crippen MR) is 65.6 cm³/mol. The number of alkyl halides is 1. The molecule has 2 heterocycles. The zero-order valence-corrected chi connectivity index (χ0v) is 10.9. The number of nitrogens with zero attached hydrogens (tertiary/aromatic N) is 1. The van der Waals surface area contributed by atoms with Crippen LogP contribution in [0.15, 0.2) is 0 Å². The van der Waals surface area contributed by atoms with Gasteiger partial charge in [-0.25, -0.2) is 0 Å². The Bertz CT molecular complexity index is 280. The first-order chi connectivity index (χ1) is 7.54. The lowest BCUT2D eigenvalue weighted by Gasteiger charge is -2.26. The summed E-state index contributed by atoms with van der Waals surface area (Å²) < 4.78 is 0. The molecule has 1 amide bonds. The lowest BCUT2D eigenvalue weighted by atomic mass is 9.94. The number of rotatable bonds is 3. The molecule has 2 aliphatic heterocycles. The quantitative estimate of drug-likeness (QED) is 0.765. The highest BCUT2D eigenvalue weighted by Gasteiger charge is 2.39. The number of hydrogen-bond acceptors (Lipinski definition) is 2. The van der Waals surface area contributed by atoms with E-state index in [4.69, 9.17) is 11.6 Å². The molecule has 0 aliphatic carbocycles. The van der Waals surface area contributed by atoms with Crippen LogP contribution in [0, 0.1) is 5.41 Å². The standard InChI is InChI=1S/C12H21ClN2O/c1-12(2,8-13)11(16)14-9-5-7-15-6-3-4-10(9)15/h9-10H,3-8H2,1-2H3,(H,14,16). The highest BCUT2D eigenvalue weighted by atomic mass is 35.5. The van der Waals surface area contributed by atoms with E-state index in [1.54, 1.807) is 0 Å². The zero-order chi connectivity index (χ0) is 11.8. The fourth-order valence-electron chi connectivity index (χ4n) is 2.68. The summed E-state index contributed by atoms with van der Waals surface area (Å²) in [5, 5.41) is 3.18. The lowest BCUT2D eigenvalue weighted by molar-refractivity contribution is -0.129. The van der Waals surface area contributed by atoms with Crippen LogP contribution in [0.2, 0.25) is 0 Å². The zero-order valence-electron chi connectivity index (χ0n) is 10.1. The van der Waals surface area contributed by atoms with Crippen molar-refractivity contribution in [1.82, 2.24) is 10.2 Å². The van der Waals surface area contributed by atoms with E-state index < -0.39 is 5.41 Å². The van der Waals surface area contributed by atoms with E-state index in [9.17, 15) is 4.79 Å². The number of nitrogens with one attached hydrogen (secondary N) is 1. The first-order valence-electron chi connectivity index (χ1n) is 6.15. The molecule has 2 unspecified atom stereocenters. The van der Waals surface area contributed by atoms with Crippen molar-refractivity contribution in [3.05, 3.63) is 0 Å². The van der Waals surface area contributed by atoms with Crippen molar-refractivity contribution in [2.75, 3.05) is 19.0 Å². The van der Waals surface area contributed by atoms with Crippen LogP contribution in [0.3, 0.4) is 0 Å². The molecule has 0 bridgehead atoms. The van der Waals surface area contributed by atoms with Gasteiger partial charge in [0, 0.05) is 24.5 Å². The van der Waals surface area contributed by atoms with Gasteiger partial charge in [0.25, 0.3) is 0 Å². The van der Waals surface area contributed by atoms with E-state index in [0.29, 0.717) is 18.0 Å². The minimum atomic E-state index is -0.451. The second-order valence-electron chi connectivity index (χ2n) is 5.63. The first-order valence-corrected chi connectivity index (χ1v) is 6.69. The Morgan fingerprint density at radius 1 is 1.44 bits per heavy atom. The van der Waals surface area contributed by atoms with E-state index in [0.717, 1.165) is 13.0 Å². The topological polar surface area (TPSA) is 32.3 Å². The van der Waals surface area contributed by atoms with E-state index in [1.807, 2.05) is 13.8 Å². The summed E-state index contributed by atoms with van der Waals surface area (Å²) in [6.45, 7) is 6.14. The predicted octanol–water partition coefficient (Wildman–Crippen LogP) is 1.60. The Hall–Kier alpha value is -0.280. The van der Waals surface area contributed by atoms with Gasteiger partial charge in [0.15, 0.2) is 0 Å². The number of hydrogen-bond donors (Lipinski definition) is 1. The van der Waals surface area contributed by atoms with Crippen molar-refractivity contribution in [3.63, 3.8) is 0 Å². The number of amides is 1. The molecule has 0 radical (unpaired) electrons. The van der Waals surface area contributed by atoms with Gasteiger partial charge < -0.3 is 5.32 Å². The van der Waals surface area contributed by atoms with Crippen molar-refractivity contribution in [3.8, 4) is 0 Å². The van der Waals surface area contributed by atoms with Crippen molar-refractivity contribution in [2.24, 2.45) is 5.41 Å². The average molecular weight is 245 g/mol. The summed E-state index contributed by atoms with van der Waals surface area (Å²) in [5.74, 6) is 0.473. The van der Waals surface area contributed by atoms with Crippen molar-refractivity contribution < 1.29 is 4.79 Å². The molecule has 4 heteroatoms. The first kappa shape index (κ1) is 12.2. The van der Waals surface area contributed by atoms with Crippen LogP contribution in [0.4, 0.5) is 0 Å². The second-order valence-corrected chi connectivity index (χ2v) is 5.90. The molecule has 0 saturated carbocycles. The summed E-state index contributed by atoms with van der Waals surface area (Å²) in [6, 6.07) is 0.924. The SMILES string of the molecule is CC(C)(CCl)C(=O)NC1CCN2CCCC12. The fraction of sp³-hybridized carbons (Fsp3) is 0.917. The van der Waals surface area contributed by atoms with Crippen LogP contribution in [0.5, 0.6) is 0 Å². The molecule has 0 spiro atoms. The average Bonchev–Trinajstić information content (AvgIpc) is 2.82. The Balaban J connectivity index is 1.93. The van der Waals surface area contributed by atoms with E-state index in [-0.39, 0.29) is 5.91 Å². The van der Waals surface area contributed by atoms with Crippen molar-refractivity contribution in [1.29, 1.82) is 0 Å². The Kier molecular flexibility index (Phi) is 3.45. The Morgan fingerprint density at radius 3 is 2.88 bits per heavy atom. The third-order valence-corrected chi connectivity index (χ3v) is 4.54. The summed E-state index contributed by atoms with van der Waals surface area (Å²) in [5.41, 5.74) is -0.451. The highest BCUT2D eigenvalue weighted by Crippen LogP contribution is 2.29. The van der Waals surface area contributed by atoms with Gasteiger partial charge in [-0.1, -0.05) is 0 Å². The maximum absolute atomic E-state index is 12.0. The maximum atomic E-state index is 12.0. The van der Waals surface area contributed by atoms with E-state index >= 15 is 0 Å². The summed E-state index contributed by atoms with van der Waals surface area (Å²) in [6.07, 6.45) is 3.59. The monoisotopic (exact) mass is 244 g/mol. The molecule has 3 nitrogen and oxygen atoms in total. The summed E-state index contributed by atoms with van der Waals surface area (Å²) >= 11 is 5.81. The summed E-state index contributed by atoms with van der Waals surface area (Å²) in [4.78, 5) is 14.5. The van der Waals surface area contributed by atoms with Gasteiger partial charge in [0.05, 0.1) is 5.41 Å². The molecular formula is C12H21ClN2O. The number of fused-ring (bicyclic) bond motifs is 1. The molecule has 2 atom stereocenters. The summed E-state index contributed by atoms with van der Waals surface area (Å²) in [7, 11) is 0. The van der Waals surface area contributed by atoms with Crippen LogP contribution >= 0.6 is 11.6 Å². The molecule has 1 N–H and O–H groups in total. The lowest BCUT2D eigenvalue weighted by Crippen LogP contribution is -2.47. The molecule has 0 aromatic rings. The van der Waals surface area contributed by atoms with Gasteiger partial charge in [-0.2, -0.15) is 0 Å². The Morgan fingerprint density at radius 2 is 2.19 bits per heavy atom. The van der Waals surface area contributed by atoms with Gasteiger partial charge >= 0.3 is 0 Å². The molecular weight excluding hydrogens is 224 g/mol. The van der Waals surface area contributed by atoms with E-state index in [1.165, 1.54) is 19.4 Å².